The van der Waals surface area contributed by atoms with Crippen molar-refractivity contribution in [2.75, 3.05) is 11.4 Å². The summed E-state index contributed by atoms with van der Waals surface area (Å²) < 4.78 is 16.4. The van der Waals surface area contributed by atoms with Crippen molar-refractivity contribution >= 4 is 34.5 Å². The van der Waals surface area contributed by atoms with Crippen LogP contribution in [-0.2, 0) is 0 Å². The van der Waals surface area contributed by atoms with Gasteiger partial charge in [0.2, 0.25) is 0 Å². The van der Waals surface area contributed by atoms with Crippen LogP contribution in [0.25, 0.3) is 34.1 Å². The second-order valence-corrected chi connectivity index (χ2v) is 11.1. The molecule has 7 nitrogen and oxygen atoms in total. The lowest BCUT2D eigenvalue weighted by atomic mass is 9.95. The highest BCUT2D eigenvalue weighted by Crippen LogP contribution is 2.37. The predicted octanol–water partition coefficient (Wildman–Crippen LogP) is 6.73. The topological polar surface area (TPSA) is 76.8 Å². The first-order chi connectivity index (χ1) is 18.6. The Bertz CT molecular complexity index is 1650. The standard InChI is InChI=1S/C30H32ClFN6O/c1-7-24-33-19(6)27(25(34-24)16(2)3)38-29-21(14-22(31)26(35-29)20-10-8-9-11-23(20)32)28(36-30(38)39)37-15-17(4)12-13-18(37)5/h7-11,14,16-18H,1,12-13,15H2,2-6H3/t17-,18-/m0/s1. The third-order valence-electron chi connectivity index (χ3n) is 7.38. The van der Waals surface area contributed by atoms with Gasteiger partial charge in [-0.3, -0.25) is 0 Å². The number of anilines is 1. The van der Waals surface area contributed by atoms with Crippen LogP contribution in [0.5, 0.6) is 0 Å². The van der Waals surface area contributed by atoms with E-state index in [-0.39, 0.29) is 28.2 Å². The Morgan fingerprint density at radius 2 is 1.87 bits per heavy atom. The first-order valence-corrected chi connectivity index (χ1v) is 13.6. The first kappa shape index (κ1) is 26.9. The van der Waals surface area contributed by atoms with Crippen LogP contribution < -0.4 is 10.6 Å². The molecule has 0 radical (unpaired) electrons. The number of rotatable bonds is 5. The van der Waals surface area contributed by atoms with Gasteiger partial charge < -0.3 is 4.90 Å². The molecule has 0 N–H and O–H groups in total. The quantitative estimate of drug-likeness (QED) is 0.276. The van der Waals surface area contributed by atoms with Crippen LogP contribution in [0.2, 0.25) is 5.02 Å². The first-order valence-electron chi connectivity index (χ1n) is 13.3. The molecule has 39 heavy (non-hydrogen) atoms. The van der Waals surface area contributed by atoms with Crippen molar-refractivity contribution in [1.29, 1.82) is 0 Å². The summed E-state index contributed by atoms with van der Waals surface area (Å²) in [6, 6.07) is 8.26. The molecule has 202 valence electrons. The van der Waals surface area contributed by atoms with Gasteiger partial charge in [-0.05, 0) is 62.8 Å². The molecular weight excluding hydrogens is 515 g/mol. The van der Waals surface area contributed by atoms with Crippen LogP contribution in [0.1, 0.15) is 63.7 Å². The third-order valence-corrected chi connectivity index (χ3v) is 7.66. The van der Waals surface area contributed by atoms with Crippen molar-refractivity contribution in [3.8, 4) is 16.9 Å². The molecule has 2 atom stereocenters. The minimum Gasteiger partial charge on any atom is -0.353 e. The molecule has 0 unspecified atom stereocenters. The van der Waals surface area contributed by atoms with Crippen LogP contribution in [0.3, 0.4) is 0 Å². The highest BCUT2D eigenvalue weighted by molar-refractivity contribution is 6.33. The van der Waals surface area contributed by atoms with E-state index in [2.05, 4.69) is 40.3 Å². The van der Waals surface area contributed by atoms with Crippen molar-refractivity contribution in [1.82, 2.24) is 24.5 Å². The molecule has 1 fully saturated rings. The van der Waals surface area contributed by atoms with Gasteiger partial charge in [0, 0.05) is 18.2 Å². The van der Waals surface area contributed by atoms with Crippen molar-refractivity contribution in [3.63, 3.8) is 0 Å². The Morgan fingerprint density at radius 1 is 1.13 bits per heavy atom. The number of benzene rings is 1. The van der Waals surface area contributed by atoms with Gasteiger partial charge in [0.05, 0.1) is 33.2 Å². The summed E-state index contributed by atoms with van der Waals surface area (Å²) in [5, 5.41) is 0.889. The fourth-order valence-electron chi connectivity index (χ4n) is 5.33. The van der Waals surface area contributed by atoms with E-state index in [0.717, 1.165) is 19.4 Å². The Morgan fingerprint density at radius 3 is 2.56 bits per heavy atom. The van der Waals surface area contributed by atoms with E-state index in [9.17, 15) is 9.18 Å². The van der Waals surface area contributed by atoms with Gasteiger partial charge in [-0.1, -0.05) is 51.1 Å². The minimum absolute atomic E-state index is 0.0386. The zero-order valence-electron chi connectivity index (χ0n) is 22.9. The SMILES string of the molecule is C=Cc1nc(C)c(-n2c(=O)nc(N3C[C@@H](C)CC[C@@H]3C)c3cc(Cl)c(-c4ccccc4F)nc32)c(C(C)C)n1. The smallest absolute Gasteiger partial charge is 0.353 e. The van der Waals surface area contributed by atoms with Crippen molar-refractivity contribution in [2.24, 2.45) is 5.92 Å². The fourth-order valence-corrected chi connectivity index (χ4v) is 5.59. The zero-order chi connectivity index (χ0) is 28.0. The van der Waals surface area contributed by atoms with E-state index < -0.39 is 11.5 Å². The van der Waals surface area contributed by atoms with Crippen LogP contribution >= 0.6 is 11.6 Å². The summed E-state index contributed by atoms with van der Waals surface area (Å²) in [5.74, 6) is 0.957. The number of pyridine rings is 1. The molecule has 1 aliphatic heterocycles. The number of nitrogens with zero attached hydrogens (tertiary/aromatic N) is 6. The Kier molecular flexibility index (Phi) is 7.25. The maximum atomic E-state index is 14.9. The summed E-state index contributed by atoms with van der Waals surface area (Å²) >= 11 is 6.78. The Balaban J connectivity index is 1.91. The van der Waals surface area contributed by atoms with E-state index in [0.29, 0.717) is 45.7 Å². The van der Waals surface area contributed by atoms with Gasteiger partial charge in [0.15, 0.2) is 11.5 Å². The van der Waals surface area contributed by atoms with E-state index in [1.54, 1.807) is 30.3 Å². The second kappa shape index (κ2) is 10.5. The molecule has 0 bridgehead atoms. The summed E-state index contributed by atoms with van der Waals surface area (Å²) in [7, 11) is 0. The normalized spacial score (nSPS) is 17.7. The minimum atomic E-state index is -0.503. The summed E-state index contributed by atoms with van der Waals surface area (Å²) in [5.41, 5.74) is 2.10. The number of piperidine rings is 1. The fraction of sp³-hybridized carbons (Fsp3) is 0.367. The van der Waals surface area contributed by atoms with Crippen LogP contribution in [0.15, 0.2) is 41.7 Å². The van der Waals surface area contributed by atoms with Gasteiger partial charge >= 0.3 is 5.69 Å². The maximum Gasteiger partial charge on any atom is 0.355 e. The van der Waals surface area contributed by atoms with Crippen molar-refractivity contribution < 1.29 is 4.39 Å². The number of aryl methyl sites for hydroxylation is 1. The summed E-state index contributed by atoms with van der Waals surface area (Å²) in [6.07, 6.45) is 3.67. The molecule has 0 spiro atoms. The number of aromatic nitrogens is 5. The zero-order valence-corrected chi connectivity index (χ0v) is 23.6. The molecule has 0 saturated carbocycles. The number of halogens is 2. The molecule has 1 saturated heterocycles. The molecule has 9 heteroatoms. The lowest BCUT2D eigenvalue weighted by molar-refractivity contribution is 0.388. The predicted molar refractivity (Wildman–Crippen MR) is 155 cm³/mol. The highest BCUT2D eigenvalue weighted by Gasteiger charge is 2.29. The van der Waals surface area contributed by atoms with Gasteiger partial charge in [0.1, 0.15) is 11.6 Å². The third kappa shape index (κ3) is 4.82. The molecule has 3 aromatic heterocycles. The van der Waals surface area contributed by atoms with Crippen LogP contribution in [0, 0.1) is 18.7 Å². The largest absolute Gasteiger partial charge is 0.355 e. The number of hydrogen-bond acceptors (Lipinski definition) is 6. The van der Waals surface area contributed by atoms with E-state index in [1.165, 1.54) is 10.6 Å². The average molecular weight is 547 g/mol. The number of fused-ring (bicyclic) bond motifs is 1. The van der Waals surface area contributed by atoms with Gasteiger partial charge in [-0.25, -0.2) is 28.7 Å². The molecule has 1 aliphatic rings. The maximum absolute atomic E-state index is 14.9. The van der Waals surface area contributed by atoms with Crippen LogP contribution in [0.4, 0.5) is 10.2 Å². The summed E-state index contributed by atoms with van der Waals surface area (Å²) in [4.78, 5) is 34.9. The lowest BCUT2D eigenvalue weighted by Crippen LogP contribution is -2.43. The monoisotopic (exact) mass is 546 g/mol. The molecular formula is C30H32ClFN6O. The van der Waals surface area contributed by atoms with Crippen molar-refractivity contribution in [2.45, 2.75) is 59.4 Å². The van der Waals surface area contributed by atoms with Gasteiger partial charge in [0.25, 0.3) is 0 Å². The molecule has 0 aliphatic carbocycles. The molecule has 0 amide bonds. The van der Waals surface area contributed by atoms with E-state index >= 15 is 0 Å². The molecule has 4 aromatic rings. The summed E-state index contributed by atoms with van der Waals surface area (Å²) in [6.45, 7) is 14.7. The van der Waals surface area contributed by atoms with E-state index in [4.69, 9.17) is 16.6 Å². The van der Waals surface area contributed by atoms with Gasteiger partial charge in [-0.2, -0.15) is 4.98 Å². The highest BCUT2D eigenvalue weighted by atomic mass is 35.5. The van der Waals surface area contributed by atoms with E-state index in [1.807, 2.05) is 20.8 Å². The van der Waals surface area contributed by atoms with Gasteiger partial charge in [-0.15, -0.1) is 0 Å². The molecule has 1 aromatic carbocycles. The average Bonchev–Trinajstić information content (AvgIpc) is 2.90. The van der Waals surface area contributed by atoms with Crippen molar-refractivity contribution in [3.05, 3.63) is 75.4 Å². The molecule has 5 rings (SSSR count). The molecule has 4 heterocycles. The lowest BCUT2D eigenvalue weighted by Gasteiger charge is -2.38. The number of hydrogen-bond donors (Lipinski definition) is 0. The Hall–Kier alpha value is -3.65. The van der Waals surface area contributed by atoms with Crippen LogP contribution in [-0.4, -0.2) is 37.1 Å². The second-order valence-electron chi connectivity index (χ2n) is 10.7. The Labute approximate surface area is 232 Å².